The zero-order valence-electron chi connectivity index (χ0n) is 9.69. The van der Waals surface area contributed by atoms with Gasteiger partial charge in [-0.2, -0.15) is 9.30 Å². The molecule has 2 rings (SSSR count). The van der Waals surface area contributed by atoms with Crippen LogP contribution in [0.25, 0.3) is 0 Å². The molecule has 1 aromatic rings. The van der Waals surface area contributed by atoms with E-state index in [9.17, 15) is 17.6 Å². The largest absolute Gasteiger partial charge is 0.376 e. The van der Waals surface area contributed by atoms with Crippen LogP contribution in [0.2, 0.25) is 0 Å². The van der Waals surface area contributed by atoms with E-state index in [1.54, 1.807) is 0 Å². The average Bonchev–Trinajstić information content (AvgIpc) is 2.39. The van der Waals surface area contributed by atoms with Gasteiger partial charge in [-0.3, -0.25) is 4.98 Å². The summed E-state index contributed by atoms with van der Waals surface area (Å²) in [6, 6.07) is 0.861. The van der Waals surface area contributed by atoms with Crippen molar-refractivity contribution in [2.24, 2.45) is 4.99 Å². The van der Waals surface area contributed by atoms with E-state index in [0.717, 1.165) is 22.8 Å². The van der Waals surface area contributed by atoms with Gasteiger partial charge in [-0.05, 0) is 6.07 Å². The summed E-state index contributed by atoms with van der Waals surface area (Å²) in [4.78, 5) is 16.9. The molecule has 1 aromatic heterocycles. The number of ether oxygens (including phenoxy) is 1. The van der Waals surface area contributed by atoms with Crippen LogP contribution in [0, 0.1) is 5.82 Å². The van der Waals surface area contributed by atoms with Gasteiger partial charge in [-0.25, -0.2) is 17.6 Å². The zero-order chi connectivity index (χ0) is 13.9. The Morgan fingerprint density at radius 2 is 2.32 bits per heavy atom. The van der Waals surface area contributed by atoms with Crippen molar-refractivity contribution in [2.75, 3.05) is 19.8 Å². The number of sulfonamides is 1. The molecule has 0 spiro atoms. The van der Waals surface area contributed by atoms with E-state index in [1.165, 1.54) is 6.08 Å². The van der Waals surface area contributed by atoms with Gasteiger partial charge in [0.15, 0.2) is 6.17 Å². The molecule has 1 fully saturated rings. The summed E-state index contributed by atoms with van der Waals surface area (Å²) < 4.78 is 43.7. The standard InChI is InChI=1S/C10H10FN3O4S/c11-8-3-9(5-12-4-8)19(16,17)14-1-2-18-6-10(14)13-7-15/h3-5,10H,1-2,6H2. The van der Waals surface area contributed by atoms with E-state index in [4.69, 9.17) is 4.74 Å². The Hall–Kier alpha value is -1.67. The second-order valence-electron chi connectivity index (χ2n) is 3.73. The molecule has 1 unspecified atom stereocenters. The zero-order valence-corrected chi connectivity index (χ0v) is 10.5. The number of hydrogen-bond donors (Lipinski definition) is 0. The molecule has 0 aromatic carbocycles. The molecular formula is C10H10FN3O4S. The third-order valence-electron chi connectivity index (χ3n) is 2.54. The molecular weight excluding hydrogens is 277 g/mol. The summed E-state index contributed by atoms with van der Waals surface area (Å²) >= 11 is 0. The van der Waals surface area contributed by atoms with Crippen molar-refractivity contribution in [3.05, 3.63) is 24.3 Å². The first-order valence-corrected chi connectivity index (χ1v) is 6.77. The van der Waals surface area contributed by atoms with E-state index in [2.05, 4.69) is 9.98 Å². The summed E-state index contributed by atoms with van der Waals surface area (Å²) in [7, 11) is -3.98. The highest BCUT2D eigenvalue weighted by Gasteiger charge is 2.34. The van der Waals surface area contributed by atoms with Crippen LogP contribution in [0.15, 0.2) is 28.3 Å². The summed E-state index contributed by atoms with van der Waals surface area (Å²) in [5.74, 6) is -0.759. The SMILES string of the molecule is O=C=NC1COCCN1S(=O)(=O)c1cncc(F)c1. The maximum absolute atomic E-state index is 13.1. The summed E-state index contributed by atoms with van der Waals surface area (Å²) in [6.45, 7) is 0.152. The van der Waals surface area contributed by atoms with Crippen LogP contribution < -0.4 is 0 Å². The van der Waals surface area contributed by atoms with Gasteiger partial charge < -0.3 is 4.74 Å². The molecule has 1 aliphatic heterocycles. The van der Waals surface area contributed by atoms with Crippen LogP contribution in [0.4, 0.5) is 4.39 Å². The van der Waals surface area contributed by atoms with Gasteiger partial charge in [-0.15, -0.1) is 0 Å². The van der Waals surface area contributed by atoms with Gasteiger partial charge in [-0.1, -0.05) is 0 Å². The summed E-state index contributed by atoms with van der Waals surface area (Å²) in [5, 5.41) is 0. The number of rotatable bonds is 3. The van der Waals surface area contributed by atoms with Crippen LogP contribution in [0.5, 0.6) is 0 Å². The van der Waals surface area contributed by atoms with E-state index in [0.29, 0.717) is 0 Å². The van der Waals surface area contributed by atoms with E-state index >= 15 is 0 Å². The van der Waals surface area contributed by atoms with Crippen molar-refractivity contribution < 1.29 is 22.3 Å². The Kier molecular flexibility index (Phi) is 4.01. The molecule has 102 valence electrons. The number of pyridine rings is 1. The quantitative estimate of drug-likeness (QED) is 0.572. The number of hydrogen-bond acceptors (Lipinski definition) is 6. The third kappa shape index (κ3) is 2.85. The molecule has 0 N–H and O–H groups in total. The van der Waals surface area contributed by atoms with Crippen LogP contribution in [-0.2, 0) is 19.6 Å². The minimum absolute atomic E-state index is 0.0225. The van der Waals surface area contributed by atoms with E-state index < -0.39 is 22.0 Å². The molecule has 19 heavy (non-hydrogen) atoms. The van der Waals surface area contributed by atoms with Gasteiger partial charge in [0.1, 0.15) is 10.7 Å². The molecule has 0 amide bonds. The topological polar surface area (TPSA) is 88.9 Å². The highest BCUT2D eigenvalue weighted by molar-refractivity contribution is 7.89. The van der Waals surface area contributed by atoms with Gasteiger partial charge in [0.05, 0.1) is 19.4 Å². The Bertz CT molecular complexity index is 615. The molecule has 9 heteroatoms. The molecule has 1 aliphatic rings. The second kappa shape index (κ2) is 5.54. The Labute approximate surface area is 108 Å². The molecule has 2 heterocycles. The first kappa shape index (κ1) is 13.8. The molecule has 1 saturated heterocycles. The van der Waals surface area contributed by atoms with Crippen LogP contribution in [0.3, 0.4) is 0 Å². The molecule has 0 aliphatic carbocycles. The van der Waals surface area contributed by atoms with Crippen molar-refractivity contribution in [2.45, 2.75) is 11.1 Å². The maximum Gasteiger partial charge on any atom is 0.246 e. The van der Waals surface area contributed by atoms with E-state index in [1.807, 2.05) is 0 Å². The number of aliphatic imine (C=N–C) groups is 1. The first-order chi connectivity index (χ1) is 9.05. The second-order valence-corrected chi connectivity index (χ2v) is 5.62. The summed E-state index contributed by atoms with van der Waals surface area (Å²) in [6.07, 6.45) is 2.25. The minimum Gasteiger partial charge on any atom is -0.376 e. The van der Waals surface area contributed by atoms with Crippen LogP contribution in [-0.4, -0.2) is 49.7 Å². The predicted octanol–water partition coefficient (Wildman–Crippen LogP) is -0.0965. The maximum atomic E-state index is 13.1. The number of carbonyl (C=O) groups excluding carboxylic acids is 1. The molecule has 0 radical (unpaired) electrons. The Balaban J connectivity index is 2.39. The highest BCUT2D eigenvalue weighted by atomic mass is 32.2. The number of halogens is 1. The number of nitrogens with zero attached hydrogens (tertiary/aromatic N) is 3. The Morgan fingerprint density at radius 3 is 3.00 bits per heavy atom. The highest BCUT2D eigenvalue weighted by Crippen LogP contribution is 2.20. The lowest BCUT2D eigenvalue weighted by Gasteiger charge is -2.30. The van der Waals surface area contributed by atoms with E-state index in [-0.39, 0.29) is 24.7 Å². The molecule has 0 saturated carbocycles. The van der Waals surface area contributed by atoms with Crippen molar-refractivity contribution in [3.8, 4) is 0 Å². The fraction of sp³-hybridized carbons (Fsp3) is 0.400. The average molecular weight is 287 g/mol. The minimum atomic E-state index is -3.98. The van der Waals surface area contributed by atoms with Gasteiger partial charge >= 0.3 is 0 Å². The van der Waals surface area contributed by atoms with Crippen molar-refractivity contribution >= 4 is 16.1 Å². The molecule has 1 atom stereocenters. The fourth-order valence-corrected chi connectivity index (χ4v) is 3.16. The smallest absolute Gasteiger partial charge is 0.246 e. The predicted molar refractivity (Wildman–Crippen MR) is 60.8 cm³/mol. The fourth-order valence-electron chi connectivity index (χ4n) is 1.69. The molecule has 0 bridgehead atoms. The molecule has 7 nitrogen and oxygen atoms in total. The van der Waals surface area contributed by atoms with Crippen molar-refractivity contribution in [1.82, 2.24) is 9.29 Å². The van der Waals surface area contributed by atoms with Crippen molar-refractivity contribution in [3.63, 3.8) is 0 Å². The monoisotopic (exact) mass is 287 g/mol. The van der Waals surface area contributed by atoms with Crippen LogP contribution >= 0.6 is 0 Å². The first-order valence-electron chi connectivity index (χ1n) is 5.33. The lowest BCUT2D eigenvalue weighted by molar-refractivity contribution is 0.0359. The van der Waals surface area contributed by atoms with Gasteiger partial charge in [0.25, 0.3) is 0 Å². The van der Waals surface area contributed by atoms with Crippen LogP contribution in [0.1, 0.15) is 0 Å². The lowest BCUT2D eigenvalue weighted by atomic mass is 10.4. The van der Waals surface area contributed by atoms with Gasteiger partial charge in [0, 0.05) is 12.7 Å². The summed E-state index contributed by atoms with van der Waals surface area (Å²) in [5.41, 5.74) is 0. The number of morpholine rings is 1. The lowest BCUT2D eigenvalue weighted by Crippen LogP contribution is -2.47. The number of isocyanates is 1. The Morgan fingerprint density at radius 1 is 1.53 bits per heavy atom. The third-order valence-corrected chi connectivity index (χ3v) is 4.41. The number of aromatic nitrogens is 1. The van der Waals surface area contributed by atoms with Gasteiger partial charge in [0.2, 0.25) is 16.1 Å². The van der Waals surface area contributed by atoms with Crippen molar-refractivity contribution in [1.29, 1.82) is 0 Å². The normalized spacial score (nSPS) is 20.8.